The van der Waals surface area contributed by atoms with Crippen LogP contribution in [0.3, 0.4) is 0 Å². The number of carboxylic acid groups (broad SMARTS) is 1. The first-order valence-electron chi connectivity index (χ1n) is 5.91. The number of hydrogen-bond acceptors (Lipinski definition) is 4. The van der Waals surface area contributed by atoms with Gasteiger partial charge in [-0.15, -0.1) is 0 Å². The first-order chi connectivity index (χ1) is 8.52. The molecule has 1 rings (SSSR count). The predicted molar refractivity (Wildman–Crippen MR) is 67.5 cm³/mol. The van der Waals surface area contributed by atoms with E-state index in [9.17, 15) is 4.79 Å². The van der Waals surface area contributed by atoms with Crippen molar-refractivity contribution in [2.75, 3.05) is 6.61 Å². The van der Waals surface area contributed by atoms with Crippen LogP contribution in [0.15, 0.2) is 24.3 Å². The lowest BCUT2D eigenvalue weighted by molar-refractivity contribution is -0.140. The Labute approximate surface area is 106 Å². The zero-order chi connectivity index (χ0) is 13.5. The molecule has 18 heavy (non-hydrogen) atoms. The summed E-state index contributed by atoms with van der Waals surface area (Å²) in [7, 11) is 0. The molecule has 5 nitrogen and oxygen atoms in total. The SMILES string of the molecule is CCOC(C)NC(Cc1ccc(O)cc1)C(=O)O. The molecular formula is C13H19NO4. The van der Waals surface area contributed by atoms with Gasteiger partial charge in [-0.25, -0.2) is 0 Å². The maximum Gasteiger partial charge on any atom is 0.321 e. The molecule has 5 heteroatoms. The van der Waals surface area contributed by atoms with E-state index in [1.54, 1.807) is 31.2 Å². The Morgan fingerprint density at radius 2 is 2.00 bits per heavy atom. The van der Waals surface area contributed by atoms with Crippen molar-refractivity contribution in [2.24, 2.45) is 0 Å². The number of phenols is 1. The maximum atomic E-state index is 11.1. The molecule has 0 radical (unpaired) electrons. The van der Waals surface area contributed by atoms with Crippen molar-refractivity contribution in [3.05, 3.63) is 29.8 Å². The molecule has 0 heterocycles. The van der Waals surface area contributed by atoms with Gasteiger partial charge >= 0.3 is 5.97 Å². The molecule has 1 aromatic carbocycles. The van der Waals surface area contributed by atoms with Crippen LogP contribution < -0.4 is 5.32 Å². The normalized spacial score (nSPS) is 14.1. The van der Waals surface area contributed by atoms with E-state index in [0.717, 1.165) is 5.56 Å². The zero-order valence-electron chi connectivity index (χ0n) is 10.6. The van der Waals surface area contributed by atoms with Crippen molar-refractivity contribution in [1.82, 2.24) is 5.32 Å². The Morgan fingerprint density at radius 3 is 2.50 bits per heavy atom. The number of ether oxygens (including phenoxy) is 1. The second-order valence-electron chi connectivity index (χ2n) is 4.03. The molecule has 0 bridgehead atoms. The smallest absolute Gasteiger partial charge is 0.321 e. The van der Waals surface area contributed by atoms with Crippen molar-refractivity contribution >= 4 is 5.97 Å². The molecule has 0 saturated heterocycles. The van der Waals surface area contributed by atoms with Gasteiger partial charge in [-0.05, 0) is 38.0 Å². The summed E-state index contributed by atoms with van der Waals surface area (Å²) in [6.07, 6.45) is 0.0285. The molecule has 0 aliphatic carbocycles. The fourth-order valence-corrected chi connectivity index (χ4v) is 1.67. The fourth-order valence-electron chi connectivity index (χ4n) is 1.67. The number of hydrogen-bond donors (Lipinski definition) is 3. The summed E-state index contributed by atoms with van der Waals surface area (Å²) >= 11 is 0. The van der Waals surface area contributed by atoms with Crippen LogP contribution in [-0.2, 0) is 16.0 Å². The monoisotopic (exact) mass is 253 g/mol. The van der Waals surface area contributed by atoms with Crippen molar-refractivity contribution < 1.29 is 19.7 Å². The molecule has 0 amide bonds. The number of carbonyl (C=O) groups is 1. The van der Waals surface area contributed by atoms with Crippen LogP contribution >= 0.6 is 0 Å². The quantitative estimate of drug-likeness (QED) is 0.639. The number of carboxylic acids is 1. The summed E-state index contributed by atoms with van der Waals surface area (Å²) in [4.78, 5) is 11.1. The second-order valence-corrected chi connectivity index (χ2v) is 4.03. The number of phenolic OH excluding ortho intramolecular Hbond substituents is 1. The Bertz CT molecular complexity index is 377. The number of aromatic hydroxyl groups is 1. The van der Waals surface area contributed by atoms with E-state index in [2.05, 4.69) is 5.32 Å². The van der Waals surface area contributed by atoms with Crippen molar-refractivity contribution in [3.8, 4) is 5.75 Å². The molecule has 100 valence electrons. The largest absolute Gasteiger partial charge is 0.508 e. The minimum atomic E-state index is -0.922. The highest BCUT2D eigenvalue weighted by atomic mass is 16.5. The molecule has 3 N–H and O–H groups in total. The van der Waals surface area contributed by atoms with Gasteiger partial charge in [-0.3, -0.25) is 10.1 Å². The Hall–Kier alpha value is -1.59. The highest BCUT2D eigenvalue weighted by Crippen LogP contribution is 2.11. The van der Waals surface area contributed by atoms with Crippen LogP contribution in [0.4, 0.5) is 0 Å². The van der Waals surface area contributed by atoms with Crippen molar-refractivity contribution in [2.45, 2.75) is 32.5 Å². The first-order valence-corrected chi connectivity index (χ1v) is 5.91. The minimum Gasteiger partial charge on any atom is -0.508 e. The van der Waals surface area contributed by atoms with Crippen LogP contribution in [0, 0.1) is 0 Å². The van der Waals surface area contributed by atoms with Gasteiger partial charge in [0.15, 0.2) is 0 Å². The lowest BCUT2D eigenvalue weighted by Crippen LogP contribution is -2.44. The van der Waals surface area contributed by atoms with E-state index in [4.69, 9.17) is 14.9 Å². The lowest BCUT2D eigenvalue weighted by atomic mass is 10.1. The first kappa shape index (κ1) is 14.5. The Kier molecular flexibility index (Phi) is 5.61. The van der Waals surface area contributed by atoms with E-state index < -0.39 is 12.0 Å². The highest BCUT2D eigenvalue weighted by molar-refractivity contribution is 5.73. The van der Waals surface area contributed by atoms with Crippen LogP contribution in [0.2, 0.25) is 0 Å². The summed E-state index contributed by atoms with van der Waals surface area (Å²) < 4.78 is 5.26. The summed E-state index contributed by atoms with van der Waals surface area (Å²) in [5.74, 6) is -0.754. The van der Waals surface area contributed by atoms with Gasteiger partial charge in [0.1, 0.15) is 18.0 Å². The summed E-state index contributed by atoms with van der Waals surface area (Å²) in [5.41, 5.74) is 0.844. The van der Waals surface area contributed by atoms with E-state index >= 15 is 0 Å². The topological polar surface area (TPSA) is 78.8 Å². The van der Waals surface area contributed by atoms with Crippen LogP contribution in [0.25, 0.3) is 0 Å². The van der Waals surface area contributed by atoms with Gasteiger partial charge < -0.3 is 14.9 Å². The highest BCUT2D eigenvalue weighted by Gasteiger charge is 2.19. The summed E-state index contributed by atoms with van der Waals surface area (Å²) in [5, 5.41) is 21.2. The lowest BCUT2D eigenvalue weighted by Gasteiger charge is -2.20. The third-order valence-electron chi connectivity index (χ3n) is 2.53. The standard InChI is InChI=1S/C13H19NO4/c1-3-18-9(2)14-12(13(16)17)8-10-4-6-11(15)7-5-10/h4-7,9,12,14-15H,3,8H2,1-2H3,(H,16,17). The van der Waals surface area contributed by atoms with Crippen molar-refractivity contribution in [1.29, 1.82) is 0 Å². The molecule has 2 atom stereocenters. The summed E-state index contributed by atoms with van der Waals surface area (Å²) in [6.45, 7) is 4.16. The maximum absolute atomic E-state index is 11.1. The minimum absolute atomic E-state index is 0.168. The van der Waals surface area contributed by atoms with Crippen LogP contribution in [-0.4, -0.2) is 35.1 Å². The molecule has 0 aliphatic heterocycles. The molecular weight excluding hydrogens is 234 g/mol. The molecule has 0 spiro atoms. The number of nitrogens with one attached hydrogen (secondary N) is 1. The number of aliphatic carboxylic acids is 1. The predicted octanol–water partition coefficient (Wildman–Crippen LogP) is 1.36. The van der Waals surface area contributed by atoms with Gasteiger partial charge in [-0.2, -0.15) is 0 Å². The Balaban J connectivity index is 2.62. The van der Waals surface area contributed by atoms with E-state index in [1.807, 2.05) is 6.92 Å². The van der Waals surface area contributed by atoms with E-state index in [1.165, 1.54) is 0 Å². The van der Waals surface area contributed by atoms with Gasteiger partial charge in [0.2, 0.25) is 0 Å². The van der Waals surface area contributed by atoms with Crippen LogP contribution in [0.1, 0.15) is 19.4 Å². The van der Waals surface area contributed by atoms with E-state index in [0.29, 0.717) is 13.0 Å². The molecule has 0 fully saturated rings. The molecule has 0 aromatic heterocycles. The van der Waals surface area contributed by atoms with Crippen LogP contribution in [0.5, 0.6) is 5.75 Å². The zero-order valence-corrected chi connectivity index (χ0v) is 10.6. The average molecular weight is 253 g/mol. The van der Waals surface area contributed by atoms with Gasteiger partial charge in [0.25, 0.3) is 0 Å². The molecule has 0 saturated carbocycles. The third kappa shape index (κ3) is 4.73. The molecule has 1 aromatic rings. The fraction of sp³-hybridized carbons (Fsp3) is 0.462. The third-order valence-corrected chi connectivity index (χ3v) is 2.53. The number of rotatable bonds is 7. The van der Waals surface area contributed by atoms with Crippen molar-refractivity contribution in [3.63, 3.8) is 0 Å². The molecule has 0 aliphatic rings. The Morgan fingerprint density at radius 1 is 1.39 bits per heavy atom. The van der Waals surface area contributed by atoms with E-state index in [-0.39, 0.29) is 12.0 Å². The average Bonchev–Trinajstić information content (AvgIpc) is 2.31. The van der Waals surface area contributed by atoms with Gasteiger partial charge in [0.05, 0.1) is 0 Å². The number of benzene rings is 1. The summed E-state index contributed by atoms with van der Waals surface area (Å²) in [6, 6.07) is 5.79. The molecule has 2 unspecified atom stereocenters. The van der Waals surface area contributed by atoms with Gasteiger partial charge in [-0.1, -0.05) is 12.1 Å². The second kappa shape index (κ2) is 6.98. The van der Waals surface area contributed by atoms with Gasteiger partial charge in [0, 0.05) is 6.61 Å².